The van der Waals surface area contributed by atoms with Crippen LogP contribution >= 0.6 is 11.3 Å². The molecule has 0 saturated carbocycles. The summed E-state index contributed by atoms with van der Waals surface area (Å²) < 4.78 is 35.0. The molecule has 1 aromatic heterocycles. The van der Waals surface area contributed by atoms with Crippen LogP contribution in [-0.4, -0.2) is 36.0 Å². The molecule has 1 saturated heterocycles. The van der Waals surface area contributed by atoms with E-state index < -0.39 is 30.5 Å². The fraction of sp³-hybridized carbons (Fsp3) is 0.244. The molecule has 0 bridgehead atoms. The van der Waals surface area contributed by atoms with Crippen LogP contribution in [0.15, 0.2) is 146 Å². The van der Waals surface area contributed by atoms with E-state index in [1.807, 2.05) is 91.0 Å². The number of ether oxygens (including phenoxy) is 5. The Hall–Kier alpha value is -4.21. The van der Waals surface area contributed by atoms with Crippen molar-refractivity contribution in [1.82, 2.24) is 4.98 Å². The number of fused-ring (bicyclic) bond motifs is 1. The van der Waals surface area contributed by atoms with Gasteiger partial charge in [-0.15, -0.1) is 11.3 Å². The second-order valence-corrected chi connectivity index (χ2v) is 13.0. The van der Waals surface area contributed by atoms with Crippen LogP contribution in [0.1, 0.15) is 33.4 Å². The van der Waals surface area contributed by atoms with E-state index in [1.165, 1.54) is 0 Å². The Labute approximate surface area is 285 Å². The summed E-state index contributed by atoms with van der Waals surface area (Å²) in [7, 11) is 0. The minimum absolute atomic E-state index is 0.312. The van der Waals surface area contributed by atoms with Gasteiger partial charge in [-0.25, -0.2) is 4.98 Å². The van der Waals surface area contributed by atoms with Crippen LogP contribution in [0, 0.1) is 0 Å². The van der Waals surface area contributed by atoms with Crippen molar-refractivity contribution in [2.45, 2.75) is 56.9 Å². The predicted molar refractivity (Wildman–Crippen MR) is 188 cm³/mol. The molecule has 0 amide bonds. The van der Waals surface area contributed by atoms with E-state index in [9.17, 15) is 0 Å². The van der Waals surface area contributed by atoms with Gasteiger partial charge in [0, 0.05) is 0 Å². The van der Waals surface area contributed by atoms with Crippen molar-refractivity contribution in [2.24, 2.45) is 0 Å². The Kier molecular flexibility index (Phi) is 11.0. The number of thiazole rings is 1. The maximum atomic E-state index is 7.02. The van der Waals surface area contributed by atoms with Crippen molar-refractivity contribution in [3.63, 3.8) is 0 Å². The lowest BCUT2D eigenvalue weighted by molar-refractivity contribution is -0.275. The maximum absolute atomic E-state index is 7.02. The summed E-state index contributed by atoms with van der Waals surface area (Å²) in [4.78, 5) is 5.05. The number of rotatable bonds is 14. The molecule has 7 heteroatoms. The van der Waals surface area contributed by atoms with Crippen LogP contribution in [0.25, 0.3) is 10.2 Å². The van der Waals surface area contributed by atoms with Crippen LogP contribution in [0.3, 0.4) is 0 Å². The van der Waals surface area contributed by atoms with Gasteiger partial charge in [-0.05, 0) is 34.4 Å². The maximum Gasteiger partial charge on any atom is 0.138 e. The summed E-state index contributed by atoms with van der Waals surface area (Å²) in [5.74, 6) is 0. The van der Waals surface area contributed by atoms with Gasteiger partial charge in [0.05, 0.1) is 43.3 Å². The fourth-order valence-corrected chi connectivity index (χ4v) is 7.04. The van der Waals surface area contributed by atoms with Crippen LogP contribution in [0.4, 0.5) is 0 Å². The van der Waals surface area contributed by atoms with Crippen molar-refractivity contribution in [1.29, 1.82) is 0 Å². The molecule has 2 heterocycles. The van der Waals surface area contributed by atoms with Gasteiger partial charge in [0.15, 0.2) is 0 Å². The first-order chi connectivity index (χ1) is 23.8. The highest BCUT2D eigenvalue weighted by atomic mass is 32.1. The van der Waals surface area contributed by atoms with E-state index >= 15 is 0 Å². The summed E-state index contributed by atoms with van der Waals surface area (Å²) in [6.07, 6.45) is -2.45. The Balaban J connectivity index is 1.24. The van der Waals surface area contributed by atoms with E-state index in [-0.39, 0.29) is 0 Å². The number of aromatic nitrogens is 1. The lowest BCUT2D eigenvalue weighted by Crippen LogP contribution is -2.58. The van der Waals surface area contributed by atoms with Gasteiger partial charge in [-0.3, -0.25) is 0 Å². The van der Waals surface area contributed by atoms with Gasteiger partial charge >= 0.3 is 0 Å². The quantitative estimate of drug-likeness (QED) is 0.117. The molecule has 1 aliphatic heterocycles. The molecule has 5 atom stereocenters. The summed E-state index contributed by atoms with van der Waals surface area (Å²) in [6.45, 7) is 1.95. The summed E-state index contributed by atoms with van der Waals surface area (Å²) in [6, 6.07) is 49.0. The minimum Gasteiger partial charge on any atom is -0.374 e. The lowest BCUT2D eigenvalue weighted by Gasteiger charge is -2.45. The number of benzene rings is 5. The van der Waals surface area contributed by atoms with Gasteiger partial charge in [0.1, 0.15) is 35.5 Å². The molecule has 0 spiro atoms. The third-order valence-corrected chi connectivity index (χ3v) is 9.54. The zero-order valence-electron chi connectivity index (χ0n) is 26.7. The normalized spacial score (nSPS) is 21.0. The molecular formula is C41H39NO5S. The number of para-hydroxylation sites is 1. The van der Waals surface area contributed by atoms with Crippen molar-refractivity contribution < 1.29 is 23.7 Å². The van der Waals surface area contributed by atoms with E-state index in [0.29, 0.717) is 33.0 Å². The van der Waals surface area contributed by atoms with Gasteiger partial charge in [0.25, 0.3) is 0 Å². The minimum atomic E-state index is -0.513. The van der Waals surface area contributed by atoms with E-state index in [4.69, 9.17) is 28.7 Å². The van der Waals surface area contributed by atoms with Gasteiger partial charge in [-0.1, -0.05) is 133 Å². The number of hydrogen-bond donors (Lipinski definition) is 0. The fourth-order valence-electron chi connectivity index (χ4n) is 6.00. The summed E-state index contributed by atoms with van der Waals surface area (Å²) >= 11 is 1.63. The lowest BCUT2D eigenvalue weighted by atomic mass is 9.94. The third kappa shape index (κ3) is 8.25. The van der Waals surface area contributed by atoms with Gasteiger partial charge in [0.2, 0.25) is 0 Å². The van der Waals surface area contributed by atoms with E-state index in [1.54, 1.807) is 11.3 Å². The predicted octanol–water partition coefficient (Wildman–Crippen LogP) is 8.71. The Morgan fingerprint density at radius 1 is 0.500 bits per heavy atom. The monoisotopic (exact) mass is 657 g/mol. The third-order valence-electron chi connectivity index (χ3n) is 8.44. The second kappa shape index (κ2) is 16.3. The standard InChI is InChI=1S/C41H39NO5S/c1-5-15-30(16-6-1)25-43-29-35-37(44-26-31-17-7-2-8-18-31)38(45-27-32-19-9-3-10-20-32)39(46-28-33-21-11-4-12-22-33)40(47-35)41-42-34-23-13-14-24-36(34)48-41/h1-24,35,37-40H,25-29H2/t35-,37-,38+,39-,40-/m1/s1. The molecule has 244 valence electrons. The molecule has 6 nitrogen and oxygen atoms in total. The summed E-state index contributed by atoms with van der Waals surface area (Å²) in [5, 5.41) is 0.845. The number of hydrogen-bond acceptors (Lipinski definition) is 7. The van der Waals surface area contributed by atoms with Crippen molar-refractivity contribution >= 4 is 21.6 Å². The molecule has 1 fully saturated rings. The van der Waals surface area contributed by atoms with Gasteiger partial charge < -0.3 is 23.7 Å². The Morgan fingerprint density at radius 2 is 0.958 bits per heavy atom. The first-order valence-corrected chi connectivity index (χ1v) is 17.2. The molecule has 0 radical (unpaired) electrons. The molecule has 0 aliphatic carbocycles. The smallest absolute Gasteiger partial charge is 0.138 e. The first-order valence-electron chi connectivity index (χ1n) is 16.4. The SMILES string of the molecule is c1ccc(COC[C@H]2O[C@@H](c3nc4ccccc4s3)[C@H](OCc3ccccc3)[C@@H](OCc3ccccc3)[C@@H]2OCc2ccccc2)cc1. The van der Waals surface area contributed by atoms with Crippen LogP contribution < -0.4 is 0 Å². The molecule has 1 aliphatic rings. The highest BCUT2D eigenvalue weighted by Gasteiger charge is 2.50. The first kappa shape index (κ1) is 32.3. The molecule has 6 aromatic rings. The average Bonchev–Trinajstić information content (AvgIpc) is 3.59. The van der Waals surface area contributed by atoms with Crippen LogP contribution in [-0.2, 0) is 50.1 Å². The van der Waals surface area contributed by atoms with Crippen molar-refractivity contribution in [3.8, 4) is 0 Å². The Bertz CT molecular complexity index is 1790. The molecule has 48 heavy (non-hydrogen) atoms. The van der Waals surface area contributed by atoms with Crippen molar-refractivity contribution in [2.75, 3.05) is 6.61 Å². The topological polar surface area (TPSA) is 59.0 Å². The zero-order chi connectivity index (χ0) is 32.4. The Morgan fingerprint density at radius 3 is 1.50 bits per heavy atom. The molecule has 5 aromatic carbocycles. The zero-order valence-corrected chi connectivity index (χ0v) is 27.5. The van der Waals surface area contributed by atoms with Crippen LogP contribution in [0.5, 0.6) is 0 Å². The van der Waals surface area contributed by atoms with E-state index in [0.717, 1.165) is 37.5 Å². The molecule has 0 unspecified atom stereocenters. The number of nitrogens with zero attached hydrogens (tertiary/aromatic N) is 1. The molecular weight excluding hydrogens is 619 g/mol. The average molecular weight is 658 g/mol. The molecule has 7 rings (SSSR count). The van der Waals surface area contributed by atoms with Crippen LogP contribution in [0.2, 0.25) is 0 Å². The summed E-state index contributed by atoms with van der Waals surface area (Å²) in [5.41, 5.74) is 5.24. The largest absolute Gasteiger partial charge is 0.374 e. The molecule has 0 N–H and O–H groups in total. The highest BCUT2D eigenvalue weighted by molar-refractivity contribution is 7.18. The highest BCUT2D eigenvalue weighted by Crippen LogP contribution is 2.41. The van der Waals surface area contributed by atoms with Crippen molar-refractivity contribution in [3.05, 3.63) is 173 Å². The van der Waals surface area contributed by atoms with E-state index in [2.05, 4.69) is 54.6 Å². The second-order valence-electron chi connectivity index (χ2n) is 11.9. The van der Waals surface area contributed by atoms with Gasteiger partial charge in [-0.2, -0.15) is 0 Å².